The van der Waals surface area contributed by atoms with Crippen molar-refractivity contribution in [2.24, 2.45) is 0 Å². The van der Waals surface area contributed by atoms with Crippen molar-refractivity contribution in [3.63, 3.8) is 0 Å². The van der Waals surface area contributed by atoms with Crippen LogP contribution in [-0.2, 0) is 15.0 Å². The normalized spacial score (nSPS) is 13.2. The van der Waals surface area contributed by atoms with Gasteiger partial charge in [-0.2, -0.15) is 0 Å². The van der Waals surface area contributed by atoms with Crippen LogP contribution in [0.1, 0.15) is 25.0 Å². The number of carboxylic acids is 1. The molecule has 1 atom stereocenters. The van der Waals surface area contributed by atoms with E-state index in [0.29, 0.717) is 16.8 Å². The van der Waals surface area contributed by atoms with Crippen LogP contribution >= 0.6 is 0 Å². The van der Waals surface area contributed by atoms with Gasteiger partial charge in [-0.3, -0.25) is 9.59 Å². The van der Waals surface area contributed by atoms with E-state index < -0.39 is 11.4 Å². The Bertz CT molecular complexity index is 667. The summed E-state index contributed by atoms with van der Waals surface area (Å²) in [5.41, 5.74) is 0.494. The monoisotopic (exact) mass is 283 g/mol. The first-order valence-corrected chi connectivity index (χ1v) is 6.62. The van der Waals surface area contributed by atoms with Crippen LogP contribution in [0.2, 0.25) is 0 Å². The van der Waals surface area contributed by atoms with Gasteiger partial charge in [0.1, 0.15) is 5.41 Å². The average Bonchev–Trinajstić information content (AvgIpc) is 2.47. The fourth-order valence-corrected chi connectivity index (χ4v) is 2.38. The topological polar surface area (TPSA) is 66.4 Å². The molecule has 4 nitrogen and oxygen atoms in total. The summed E-state index contributed by atoms with van der Waals surface area (Å²) in [5.74, 6) is -1.20. The second-order valence-corrected chi connectivity index (χ2v) is 5.02. The van der Waals surface area contributed by atoms with E-state index in [2.05, 4.69) is 5.32 Å². The molecular formula is C17H17NO3. The molecule has 2 aromatic carbocycles. The summed E-state index contributed by atoms with van der Waals surface area (Å²) in [7, 11) is 0. The van der Waals surface area contributed by atoms with Crippen molar-refractivity contribution in [1.82, 2.24) is 0 Å². The number of amides is 1. The molecule has 0 heterocycles. The van der Waals surface area contributed by atoms with Crippen LogP contribution in [0.5, 0.6) is 0 Å². The van der Waals surface area contributed by atoms with Crippen LogP contribution in [0.15, 0.2) is 54.6 Å². The molecule has 0 aromatic heterocycles. The third-order valence-electron chi connectivity index (χ3n) is 3.56. The fourth-order valence-electron chi connectivity index (χ4n) is 2.38. The Hall–Kier alpha value is -2.62. The number of para-hydroxylation sites is 1. The minimum Gasteiger partial charge on any atom is -0.480 e. The van der Waals surface area contributed by atoms with Crippen molar-refractivity contribution in [3.8, 4) is 0 Å². The Morgan fingerprint density at radius 1 is 1.00 bits per heavy atom. The summed E-state index contributed by atoms with van der Waals surface area (Å²) >= 11 is 0. The van der Waals surface area contributed by atoms with Crippen LogP contribution in [0.3, 0.4) is 0 Å². The van der Waals surface area contributed by atoms with E-state index in [4.69, 9.17) is 0 Å². The molecule has 4 heteroatoms. The molecule has 0 fully saturated rings. The number of hydrogen-bond donors (Lipinski definition) is 2. The van der Waals surface area contributed by atoms with Gasteiger partial charge >= 0.3 is 5.97 Å². The molecule has 2 N–H and O–H groups in total. The van der Waals surface area contributed by atoms with Gasteiger partial charge in [-0.1, -0.05) is 48.5 Å². The van der Waals surface area contributed by atoms with Crippen LogP contribution in [0.4, 0.5) is 5.69 Å². The minimum absolute atomic E-state index is 0.233. The third-order valence-corrected chi connectivity index (χ3v) is 3.56. The molecule has 0 bridgehead atoms. The van der Waals surface area contributed by atoms with Gasteiger partial charge < -0.3 is 10.4 Å². The number of hydrogen-bond acceptors (Lipinski definition) is 2. The Labute approximate surface area is 123 Å². The molecule has 0 aliphatic carbocycles. The van der Waals surface area contributed by atoms with E-state index in [0.717, 1.165) is 0 Å². The number of nitrogens with one attached hydrogen (secondary N) is 1. The van der Waals surface area contributed by atoms with E-state index >= 15 is 0 Å². The molecular weight excluding hydrogens is 266 g/mol. The number of rotatable bonds is 4. The molecule has 0 spiro atoms. The lowest BCUT2D eigenvalue weighted by atomic mass is 9.75. The predicted octanol–water partition coefficient (Wildman–Crippen LogP) is 3.04. The van der Waals surface area contributed by atoms with Gasteiger partial charge in [-0.15, -0.1) is 0 Å². The van der Waals surface area contributed by atoms with Crippen LogP contribution in [0.25, 0.3) is 0 Å². The van der Waals surface area contributed by atoms with Crippen LogP contribution in [0, 0.1) is 0 Å². The van der Waals surface area contributed by atoms with Gasteiger partial charge in [0.05, 0.1) is 0 Å². The van der Waals surface area contributed by atoms with Crippen molar-refractivity contribution >= 4 is 17.6 Å². The van der Waals surface area contributed by atoms with Crippen LogP contribution < -0.4 is 5.32 Å². The van der Waals surface area contributed by atoms with Gasteiger partial charge in [0.15, 0.2) is 0 Å². The number of carbonyl (C=O) groups excluding carboxylic acids is 1. The summed E-state index contributed by atoms with van der Waals surface area (Å²) in [6.45, 7) is 3.04. The highest BCUT2D eigenvalue weighted by Gasteiger charge is 2.38. The zero-order valence-electron chi connectivity index (χ0n) is 12.0. The first-order valence-electron chi connectivity index (χ1n) is 6.62. The van der Waals surface area contributed by atoms with Gasteiger partial charge in [0.25, 0.3) is 0 Å². The smallest absolute Gasteiger partial charge is 0.318 e. The number of benzene rings is 2. The zero-order valence-corrected chi connectivity index (χ0v) is 12.0. The second-order valence-electron chi connectivity index (χ2n) is 5.02. The minimum atomic E-state index is -1.24. The van der Waals surface area contributed by atoms with E-state index in [1.165, 1.54) is 6.92 Å². The maximum Gasteiger partial charge on any atom is 0.318 e. The maximum atomic E-state index is 11.9. The molecule has 108 valence electrons. The third kappa shape index (κ3) is 2.79. The lowest BCUT2D eigenvalue weighted by Gasteiger charge is -2.28. The Morgan fingerprint density at radius 3 is 2.14 bits per heavy atom. The number of aliphatic carboxylic acids is 1. The Morgan fingerprint density at radius 2 is 1.57 bits per heavy atom. The Balaban J connectivity index is 2.64. The summed E-state index contributed by atoms with van der Waals surface area (Å²) < 4.78 is 0. The molecule has 1 amide bonds. The van der Waals surface area contributed by atoms with Crippen LogP contribution in [-0.4, -0.2) is 17.0 Å². The van der Waals surface area contributed by atoms with Crippen molar-refractivity contribution in [3.05, 3.63) is 65.7 Å². The van der Waals surface area contributed by atoms with Crippen molar-refractivity contribution in [1.29, 1.82) is 0 Å². The SMILES string of the molecule is CC(=O)Nc1ccccc1C(C)(C(=O)O)c1ccccc1. The van der Waals surface area contributed by atoms with Crippen molar-refractivity contribution in [2.45, 2.75) is 19.3 Å². The average molecular weight is 283 g/mol. The standard InChI is InChI=1S/C17H17NO3/c1-12(19)18-15-11-7-6-10-14(15)17(2,16(20)21)13-8-4-3-5-9-13/h3-11H,1-2H3,(H,18,19)(H,20,21). The molecule has 0 aliphatic heterocycles. The zero-order chi connectivity index (χ0) is 15.5. The van der Waals surface area contributed by atoms with E-state index in [1.807, 2.05) is 6.07 Å². The lowest BCUT2D eigenvalue weighted by Crippen LogP contribution is -2.34. The molecule has 2 rings (SSSR count). The first kappa shape index (κ1) is 14.8. The van der Waals surface area contributed by atoms with Gasteiger partial charge in [0.2, 0.25) is 5.91 Å². The summed E-state index contributed by atoms with van der Waals surface area (Å²) in [4.78, 5) is 23.3. The van der Waals surface area contributed by atoms with Crippen molar-refractivity contribution < 1.29 is 14.7 Å². The van der Waals surface area contributed by atoms with Gasteiger partial charge in [-0.05, 0) is 24.1 Å². The quantitative estimate of drug-likeness (QED) is 0.906. The summed E-state index contributed by atoms with van der Waals surface area (Å²) in [5, 5.41) is 12.5. The second kappa shape index (κ2) is 5.79. The largest absolute Gasteiger partial charge is 0.480 e. The number of carboxylic acid groups (broad SMARTS) is 1. The highest BCUT2D eigenvalue weighted by Crippen LogP contribution is 2.36. The highest BCUT2D eigenvalue weighted by atomic mass is 16.4. The molecule has 21 heavy (non-hydrogen) atoms. The predicted molar refractivity (Wildman–Crippen MR) is 81.3 cm³/mol. The maximum absolute atomic E-state index is 11.9. The molecule has 0 radical (unpaired) electrons. The molecule has 0 saturated carbocycles. The highest BCUT2D eigenvalue weighted by molar-refractivity contribution is 5.93. The Kier molecular flexibility index (Phi) is 4.08. The molecule has 1 unspecified atom stereocenters. The fraction of sp³-hybridized carbons (Fsp3) is 0.176. The van der Waals surface area contributed by atoms with E-state index in [1.54, 1.807) is 55.5 Å². The van der Waals surface area contributed by atoms with Crippen molar-refractivity contribution in [2.75, 3.05) is 5.32 Å². The summed E-state index contributed by atoms with van der Waals surface area (Å²) in [6, 6.07) is 16.0. The van der Waals surface area contributed by atoms with Gasteiger partial charge in [-0.25, -0.2) is 0 Å². The molecule has 2 aromatic rings. The van der Waals surface area contributed by atoms with E-state index in [9.17, 15) is 14.7 Å². The first-order chi connectivity index (χ1) is 9.96. The van der Waals surface area contributed by atoms with E-state index in [-0.39, 0.29) is 5.91 Å². The molecule has 0 aliphatic rings. The number of anilines is 1. The number of carbonyl (C=O) groups is 2. The summed E-state index contributed by atoms with van der Waals surface area (Å²) in [6.07, 6.45) is 0. The lowest BCUT2D eigenvalue weighted by molar-refractivity contribution is -0.141. The van der Waals surface area contributed by atoms with Gasteiger partial charge in [0, 0.05) is 12.6 Å². The molecule has 0 saturated heterocycles.